The monoisotopic (exact) mass is 272 g/mol. The van der Waals surface area contributed by atoms with Gasteiger partial charge in [0.15, 0.2) is 0 Å². The fourth-order valence-corrected chi connectivity index (χ4v) is 1.70. The molecular weight excluding hydrogens is 263 g/mol. The Bertz CT molecular complexity index is 725. The van der Waals surface area contributed by atoms with E-state index in [-0.39, 0.29) is 22.8 Å². The summed E-state index contributed by atoms with van der Waals surface area (Å²) in [7, 11) is 1.57. The Morgan fingerprint density at radius 1 is 1.35 bits per heavy atom. The van der Waals surface area contributed by atoms with E-state index in [2.05, 4.69) is 10.3 Å². The number of anilines is 1. The van der Waals surface area contributed by atoms with Crippen molar-refractivity contribution < 1.29 is 9.31 Å². The molecule has 1 aromatic heterocycles. The lowest BCUT2D eigenvalue weighted by Gasteiger charge is -2.05. The zero-order valence-corrected chi connectivity index (χ0v) is 10.4. The maximum Gasteiger partial charge on any atom is 0.275 e. The molecule has 0 fully saturated rings. The molecule has 2 rings (SSSR count). The van der Waals surface area contributed by atoms with Crippen molar-refractivity contribution in [1.82, 2.24) is 4.98 Å². The highest BCUT2D eigenvalue weighted by atomic mass is 19.1. The molecule has 7 heteroatoms. The molecule has 2 aromatic rings. The fourth-order valence-electron chi connectivity index (χ4n) is 1.70. The SMILES string of the molecule is CNc1cc([N+](=O)[O-])cc(-c2cc(F)cc(C#N)c2)n1. The molecule has 0 saturated heterocycles. The predicted octanol–water partition coefficient (Wildman–Crippen LogP) is 2.71. The maximum atomic E-state index is 13.4. The zero-order valence-electron chi connectivity index (χ0n) is 10.4. The molecule has 0 unspecified atom stereocenters. The third-order valence-corrected chi connectivity index (χ3v) is 2.60. The first kappa shape index (κ1) is 13.4. The molecule has 0 aliphatic rings. The van der Waals surface area contributed by atoms with Crippen LogP contribution >= 0.6 is 0 Å². The Labute approximate surface area is 113 Å². The van der Waals surface area contributed by atoms with Crippen molar-refractivity contribution in [2.75, 3.05) is 12.4 Å². The van der Waals surface area contributed by atoms with Gasteiger partial charge in [-0.2, -0.15) is 5.26 Å². The Balaban J connectivity index is 2.63. The minimum absolute atomic E-state index is 0.124. The van der Waals surface area contributed by atoms with Crippen LogP contribution < -0.4 is 5.32 Å². The van der Waals surface area contributed by atoms with Gasteiger partial charge in [-0.05, 0) is 18.2 Å². The summed E-state index contributed by atoms with van der Waals surface area (Å²) in [6, 6.07) is 8.01. The number of nitriles is 1. The average molecular weight is 272 g/mol. The number of nitrogens with zero attached hydrogens (tertiary/aromatic N) is 3. The largest absolute Gasteiger partial charge is 0.373 e. The standard InChI is InChI=1S/C13H9FN4O2/c1-16-13-6-11(18(19)20)5-12(17-13)9-2-8(7-15)3-10(14)4-9/h2-6H,1H3,(H,16,17). The lowest BCUT2D eigenvalue weighted by Crippen LogP contribution is -1.98. The van der Waals surface area contributed by atoms with Crippen LogP contribution in [0.15, 0.2) is 30.3 Å². The molecule has 20 heavy (non-hydrogen) atoms. The van der Waals surface area contributed by atoms with Crippen LogP contribution in [0.2, 0.25) is 0 Å². The van der Waals surface area contributed by atoms with Crippen molar-refractivity contribution in [3.05, 3.63) is 51.8 Å². The summed E-state index contributed by atoms with van der Waals surface area (Å²) in [6.07, 6.45) is 0. The lowest BCUT2D eigenvalue weighted by atomic mass is 10.1. The highest BCUT2D eigenvalue weighted by Gasteiger charge is 2.13. The smallest absolute Gasteiger partial charge is 0.275 e. The second kappa shape index (κ2) is 5.32. The van der Waals surface area contributed by atoms with Gasteiger partial charge in [0, 0.05) is 18.7 Å². The van der Waals surface area contributed by atoms with E-state index in [0.29, 0.717) is 5.56 Å². The van der Waals surface area contributed by atoms with Gasteiger partial charge in [0.1, 0.15) is 11.6 Å². The molecule has 100 valence electrons. The molecule has 0 aliphatic heterocycles. The van der Waals surface area contributed by atoms with E-state index in [0.717, 1.165) is 6.07 Å². The van der Waals surface area contributed by atoms with Crippen molar-refractivity contribution >= 4 is 11.5 Å². The van der Waals surface area contributed by atoms with Crippen molar-refractivity contribution in [3.8, 4) is 17.3 Å². The summed E-state index contributed by atoms with van der Waals surface area (Å²) in [5, 5.41) is 22.4. The predicted molar refractivity (Wildman–Crippen MR) is 70.5 cm³/mol. The second-order valence-electron chi connectivity index (χ2n) is 3.94. The van der Waals surface area contributed by atoms with Crippen LogP contribution in [0.4, 0.5) is 15.9 Å². The molecule has 6 nitrogen and oxygen atoms in total. The van der Waals surface area contributed by atoms with Gasteiger partial charge in [-0.1, -0.05) is 0 Å². The zero-order chi connectivity index (χ0) is 14.7. The first-order valence-corrected chi connectivity index (χ1v) is 5.59. The van der Waals surface area contributed by atoms with Gasteiger partial charge in [-0.25, -0.2) is 9.37 Å². The topological polar surface area (TPSA) is 91.9 Å². The first-order valence-electron chi connectivity index (χ1n) is 5.59. The van der Waals surface area contributed by atoms with Crippen LogP contribution in [0.1, 0.15) is 5.56 Å². The van der Waals surface area contributed by atoms with Crippen LogP contribution in [-0.4, -0.2) is 17.0 Å². The van der Waals surface area contributed by atoms with Crippen molar-refractivity contribution in [3.63, 3.8) is 0 Å². The van der Waals surface area contributed by atoms with Crippen LogP contribution in [-0.2, 0) is 0 Å². The van der Waals surface area contributed by atoms with E-state index < -0.39 is 10.7 Å². The molecule has 0 radical (unpaired) electrons. The van der Waals surface area contributed by atoms with Crippen molar-refractivity contribution in [2.24, 2.45) is 0 Å². The van der Waals surface area contributed by atoms with Gasteiger partial charge in [0.25, 0.3) is 5.69 Å². The number of pyridine rings is 1. The maximum absolute atomic E-state index is 13.4. The molecular formula is C13H9FN4O2. The summed E-state index contributed by atoms with van der Waals surface area (Å²) < 4.78 is 13.4. The number of nitrogens with one attached hydrogen (secondary N) is 1. The van der Waals surface area contributed by atoms with E-state index in [1.54, 1.807) is 7.05 Å². The molecule has 0 saturated carbocycles. The van der Waals surface area contributed by atoms with Crippen molar-refractivity contribution in [2.45, 2.75) is 0 Å². The first-order chi connectivity index (χ1) is 9.53. The van der Waals surface area contributed by atoms with Gasteiger partial charge in [-0.15, -0.1) is 0 Å². The van der Waals surface area contributed by atoms with Crippen LogP contribution in [0.5, 0.6) is 0 Å². The molecule has 0 spiro atoms. The van der Waals surface area contributed by atoms with E-state index in [4.69, 9.17) is 5.26 Å². The molecule has 1 N–H and O–H groups in total. The molecule has 1 aromatic carbocycles. The van der Waals surface area contributed by atoms with Gasteiger partial charge in [0.05, 0.1) is 28.3 Å². The molecule has 0 aliphatic carbocycles. The number of hydrogen-bond acceptors (Lipinski definition) is 5. The van der Waals surface area contributed by atoms with E-state index in [1.807, 2.05) is 6.07 Å². The Morgan fingerprint density at radius 3 is 2.70 bits per heavy atom. The Morgan fingerprint density at radius 2 is 2.10 bits per heavy atom. The number of benzene rings is 1. The molecule has 1 heterocycles. The lowest BCUT2D eigenvalue weighted by molar-refractivity contribution is -0.384. The Kier molecular flexibility index (Phi) is 3.57. The average Bonchev–Trinajstić information content (AvgIpc) is 2.45. The van der Waals surface area contributed by atoms with Gasteiger partial charge in [-0.3, -0.25) is 10.1 Å². The second-order valence-corrected chi connectivity index (χ2v) is 3.94. The summed E-state index contributed by atoms with van der Waals surface area (Å²) in [5.41, 5.74) is 0.489. The van der Waals surface area contributed by atoms with E-state index in [9.17, 15) is 14.5 Å². The summed E-state index contributed by atoms with van der Waals surface area (Å²) in [6.45, 7) is 0. The van der Waals surface area contributed by atoms with Gasteiger partial charge >= 0.3 is 0 Å². The summed E-state index contributed by atoms with van der Waals surface area (Å²) >= 11 is 0. The van der Waals surface area contributed by atoms with E-state index >= 15 is 0 Å². The molecule has 0 bridgehead atoms. The molecule has 0 amide bonds. The minimum Gasteiger partial charge on any atom is -0.373 e. The van der Waals surface area contributed by atoms with Crippen LogP contribution in [0.3, 0.4) is 0 Å². The highest BCUT2D eigenvalue weighted by molar-refractivity contribution is 5.66. The highest BCUT2D eigenvalue weighted by Crippen LogP contribution is 2.26. The van der Waals surface area contributed by atoms with Crippen LogP contribution in [0.25, 0.3) is 11.3 Å². The fraction of sp³-hybridized carbons (Fsp3) is 0.0769. The third-order valence-electron chi connectivity index (χ3n) is 2.60. The van der Waals surface area contributed by atoms with Crippen molar-refractivity contribution in [1.29, 1.82) is 5.26 Å². The van der Waals surface area contributed by atoms with Gasteiger partial charge in [0.2, 0.25) is 0 Å². The number of nitro groups is 1. The quantitative estimate of drug-likeness (QED) is 0.685. The molecule has 0 atom stereocenters. The normalized spacial score (nSPS) is 9.85. The third kappa shape index (κ3) is 2.70. The van der Waals surface area contributed by atoms with Gasteiger partial charge < -0.3 is 5.32 Å². The number of hydrogen-bond donors (Lipinski definition) is 1. The number of halogens is 1. The number of rotatable bonds is 3. The number of aromatic nitrogens is 1. The Hall–Kier alpha value is -3.01. The van der Waals surface area contributed by atoms with Crippen LogP contribution in [0, 0.1) is 27.3 Å². The van der Waals surface area contributed by atoms with E-state index in [1.165, 1.54) is 24.3 Å². The summed E-state index contributed by atoms with van der Waals surface area (Å²) in [5.74, 6) is -0.310. The minimum atomic E-state index is -0.599. The summed E-state index contributed by atoms with van der Waals surface area (Å²) in [4.78, 5) is 14.4.